The number of piperidine rings is 1. The molecular formula is C27H30N4O2. The van der Waals surface area contributed by atoms with E-state index >= 15 is 0 Å². The van der Waals surface area contributed by atoms with Gasteiger partial charge in [-0.05, 0) is 35.2 Å². The molecule has 2 fully saturated rings. The van der Waals surface area contributed by atoms with Gasteiger partial charge in [-0.25, -0.2) is 10.9 Å². The molecule has 2 aliphatic rings. The fourth-order valence-corrected chi connectivity index (χ4v) is 5.11. The second kappa shape index (κ2) is 9.75. The number of nitrogens with one attached hydrogen (secondary N) is 4. The maximum atomic E-state index is 13.6. The predicted molar refractivity (Wildman–Crippen MR) is 128 cm³/mol. The normalized spacial score (nSPS) is 26.4. The molecule has 5 rings (SSSR count). The second-order valence-corrected chi connectivity index (χ2v) is 8.77. The number of rotatable bonds is 6. The molecule has 0 radical (unpaired) electrons. The van der Waals surface area contributed by atoms with E-state index in [2.05, 4.69) is 45.8 Å². The summed E-state index contributed by atoms with van der Waals surface area (Å²) in [6.07, 6.45) is 0.699. The topological polar surface area (TPSA) is 74.4 Å². The Kier molecular flexibility index (Phi) is 6.39. The van der Waals surface area contributed by atoms with Crippen molar-refractivity contribution in [1.82, 2.24) is 21.5 Å². The summed E-state index contributed by atoms with van der Waals surface area (Å²) in [6.45, 7) is 0.533. The smallest absolute Gasteiger partial charge is 0.223 e. The van der Waals surface area contributed by atoms with Crippen LogP contribution in [-0.2, 0) is 11.3 Å². The van der Waals surface area contributed by atoms with Crippen molar-refractivity contribution < 1.29 is 9.53 Å². The zero-order valence-corrected chi connectivity index (χ0v) is 18.7. The molecule has 5 unspecified atom stereocenters. The highest BCUT2D eigenvalue weighted by atomic mass is 16.5. The lowest BCUT2D eigenvalue weighted by Gasteiger charge is -2.40. The highest BCUT2D eigenvalue weighted by Gasteiger charge is 2.49. The zero-order valence-electron chi connectivity index (χ0n) is 18.7. The molecule has 3 aromatic carbocycles. The molecule has 2 heterocycles. The SMILES string of the molecule is COc1ccc(C2CC(C(=O)NCc3ccccc3)C3C(NNC3c3ccccc3)N2)cc1. The summed E-state index contributed by atoms with van der Waals surface area (Å²) in [6, 6.07) is 28.6. The van der Waals surface area contributed by atoms with Crippen LogP contribution in [0.1, 0.15) is 35.2 Å². The number of hydrazine groups is 1. The van der Waals surface area contributed by atoms with Gasteiger partial charge in [0.2, 0.25) is 5.91 Å². The first kappa shape index (κ1) is 21.6. The largest absolute Gasteiger partial charge is 0.497 e. The Morgan fingerprint density at radius 2 is 1.61 bits per heavy atom. The number of carbonyl (C=O) groups excluding carboxylic acids is 1. The van der Waals surface area contributed by atoms with Crippen LogP contribution in [0.2, 0.25) is 0 Å². The van der Waals surface area contributed by atoms with Gasteiger partial charge in [-0.1, -0.05) is 72.8 Å². The summed E-state index contributed by atoms with van der Waals surface area (Å²) < 4.78 is 5.32. The maximum absolute atomic E-state index is 13.6. The first-order chi connectivity index (χ1) is 16.2. The third kappa shape index (κ3) is 4.64. The summed E-state index contributed by atoms with van der Waals surface area (Å²) in [5.41, 5.74) is 10.3. The molecule has 33 heavy (non-hydrogen) atoms. The van der Waals surface area contributed by atoms with Crippen LogP contribution in [0.15, 0.2) is 84.9 Å². The quantitative estimate of drug-likeness (QED) is 0.471. The van der Waals surface area contributed by atoms with Crippen molar-refractivity contribution in [3.05, 3.63) is 102 Å². The van der Waals surface area contributed by atoms with Crippen molar-refractivity contribution in [2.24, 2.45) is 11.8 Å². The number of carbonyl (C=O) groups is 1. The van der Waals surface area contributed by atoms with Gasteiger partial charge in [0.15, 0.2) is 0 Å². The van der Waals surface area contributed by atoms with E-state index in [0.29, 0.717) is 6.54 Å². The minimum absolute atomic E-state index is 0.0245. The minimum Gasteiger partial charge on any atom is -0.497 e. The number of hydrogen-bond acceptors (Lipinski definition) is 5. The monoisotopic (exact) mass is 442 g/mol. The molecular weight excluding hydrogens is 412 g/mol. The first-order valence-corrected chi connectivity index (χ1v) is 11.5. The van der Waals surface area contributed by atoms with E-state index in [1.165, 1.54) is 5.56 Å². The lowest BCUT2D eigenvalue weighted by Crippen LogP contribution is -2.54. The van der Waals surface area contributed by atoms with Gasteiger partial charge in [0.05, 0.1) is 19.3 Å². The summed E-state index contributed by atoms with van der Waals surface area (Å²) in [5.74, 6) is 0.854. The van der Waals surface area contributed by atoms with E-state index in [-0.39, 0.29) is 36.0 Å². The molecule has 2 saturated heterocycles. The number of hydrogen-bond donors (Lipinski definition) is 4. The zero-order chi connectivity index (χ0) is 22.6. The fraction of sp³-hybridized carbons (Fsp3) is 0.296. The number of amides is 1. The van der Waals surface area contributed by atoms with Crippen molar-refractivity contribution in [1.29, 1.82) is 0 Å². The van der Waals surface area contributed by atoms with E-state index in [9.17, 15) is 4.79 Å². The number of benzene rings is 3. The van der Waals surface area contributed by atoms with Gasteiger partial charge >= 0.3 is 0 Å². The fourth-order valence-electron chi connectivity index (χ4n) is 5.11. The van der Waals surface area contributed by atoms with Gasteiger partial charge in [0, 0.05) is 24.4 Å². The van der Waals surface area contributed by atoms with Crippen molar-refractivity contribution in [2.45, 2.75) is 31.2 Å². The molecule has 3 aromatic rings. The summed E-state index contributed by atoms with van der Waals surface area (Å²) in [5, 5.41) is 6.93. The minimum atomic E-state index is -0.153. The Bertz CT molecular complexity index is 1060. The average molecular weight is 443 g/mol. The second-order valence-electron chi connectivity index (χ2n) is 8.77. The molecule has 5 atom stereocenters. The van der Waals surface area contributed by atoms with Crippen LogP contribution in [0.3, 0.4) is 0 Å². The van der Waals surface area contributed by atoms with Crippen LogP contribution in [0.4, 0.5) is 0 Å². The Hall–Kier alpha value is -3.19. The van der Waals surface area contributed by atoms with Crippen LogP contribution < -0.4 is 26.2 Å². The Morgan fingerprint density at radius 3 is 2.30 bits per heavy atom. The van der Waals surface area contributed by atoms with Crippen molar-refractivity contribution in [3.8, 4) is 5.75 Å². The van der Waals surface area contributed by atoms with Gasteiger partial charge in [-0.2, -0.15) is 0 Å². The molecule has 4 N–H and O–H groups in total. The lowest BCUT2D eigenvalue weighted by molar-refractivity contribution is -0.129. The highest BCUT2D eigenvalue weighted by Crippen LogP contribution is 2.42. The molecule has 0 bridgehead atoms. The number of methoxy groups -OCH3 is 1. The van der Waals surface area contributed by atoms with E-state index < -0.39 is 0 Å². The summed E-state index contributed by atoms with van der Waals surface area (Å²) in [7, 11) is 1.67. The predicted octanol–water partition coefficient (Wildman–Crippen LogP) is 3.45. The third-order valence-corrected chi connectivity index (χ3v) is 6.82. The van der Waals surface area contributed by atoms with Crippen molar-refractivity contribution in [3.63, 3.8) is 0 Å². The molecule has 0 saturated carbocycles. The van der Waals surface area contributed by atoms with E-state index in [1.54, 1.807) is 7.11 Å². The molecule has 0 aliphatic carbocycles. The standard InChI is InChI=1S/C27H30N4O2/c1-33-21-14-12-19(13-15-21)23-16-22(27(32)28-17-18-8-4-2-5-9-18)24-25(30-31-26(24)29-23)20-10-6-3-7-11-20/h2-15,22-26,29-31H,16-17H2,1H3,(H,28,32). The van der Waals surface area contributed by atoms with Gasteiger partial charge < -0.3 is 10.1 Å². The molecule has 170 valence electrons. The van der Waals surface area contributed by atoms with Crippen LogP contribution in [0.5, 0.6) is 5.75 Å². The molecule has 0 spiro atoms. The summed E-state index contributed by atoms with van der Waals surface area (Å²) >= 11 is 0. The third-order valence-electron chi connectivity index (χ3n) is 6.82. The molecule has 1 amide bonds. The van der Waals surface area contributed by atoms with E-state index in [0.717, 1.165) is 23.3 Å². The van der Waals surface area contributed by atoms with Crippen LogP contribution >= 0.6 is 0 Å². The number of ether oxygens (including phenoxy) is 1. The molecule has 2 aliphatic heterocycles. The first-order valence-electron chi connectivity index (χ1n) is 11.5. The summed E-state index contributed by atoms with van der Waals surface area (Å²) in [4.78, 5) is 13.6. The van der Waals surface area contributed by atoms with E-state index in [4.69, 9.17) is 4.74 Å². The highest BCUT2D eigenvalue weighted by molar-refractivity contribution is 5.79. The van der Waals surface area contributed by atoms with Crippen LogP contribution in [-0.4, -0.2) is 19.2 Å². The molecule has 6 heteroatoms. The molecule has 0 aromatic heterocycles. The van der Waals surface area contributed by atoms with Gasteiger partial charge in [0.25, 0.3) is 0 Å². The lowest BCUT2D eigenvalue weighted by atomic mass is 9.74. The van der Waals surface area contributed by atoms with Crippen LogP contribution in [0.25, 0.3) is 0 Å². The van der Waals surface area contributed by atoms with E-state index in [1.807, 2.05) is 60.7 Å². The van der Waals surface area contributed by atoms with Gasteiger partial charge in [-0.15, -0.1) is 0 Å². The van der Waals surface area contributed by atoms with Gasteiger partial charge in [-0.3, -0.25) is 10.1 Å². The maximum Gasteiger partial charge on any atom is 0.223 e. The molecule has 6 nitrogen and oxygen atoms in total. The van der Waals surface area contributed by atoms with Gasteiger partial charge in [0.1, 0.15) is 5.75 Å². The van der Waals surface area contributed by atoms with Crippen molar-refractivity contribution in [2.75, 3.05) is 7.11 Å². The average Bonchev–Trinajstić information content (AvgIpc) is 3.32. The Labute approximate surface area is 194 Å². The Balaban J connectivity index is 1.40. The Morgan fingerprint density at radius 1 is 0.909 bits per heavy atom. The van der Waals surface area contributed by atoms with Crippen molar-refractivity contribution >= 4 is 5.91 Å². The number of fused-ring (bicyclic) bond motifs is 1. The van der Waals surface area contributed by atoms with Crippen LogP contribution in [0, 0.1) is 11.8 Å².